The van der Waals surface area contributed by atoms with E-state index < -0.39 is 5.97 Å². The molecule has 0 radical (unpaired) electrons. The maximum atomic E-state index is 12.1. The minimum atomic E-state index is -0.624. The van der Waals surface area contributed by atoms with Crippen LogP contribution in [0.3, 0.4) is 0 Å². The van der Waals surface area contributed by atoms with Crippen molar-refractivity contribution in [2.45, 2.75) is 13.8 Å². The zero-order valence-electron chi connectivity index (χ0n) is 17.3. The number of esters is 1. The molecule has 160 valence electrons. The molecule has 0 aliphatic carbocycles. The van der Waals surface area contributed by atoms with Crippen LogP contribution in [0.15, 0.2) is 70.4 Å². The van der Waals surface area contributed by atoms with Crippen LogP contribution < -0.4 is 20.2 Å². The smallest absolute Gasteiger partial charge is 0.379 e. The lowest BCUT2D eigenvalue weighted by Crippen LogP contribution is -2.25. The number of hydrogen-bond acceptors (Lipinski definition) is 7. The first kappa shape index (κ1) is 21.6. The van der Waals surface area contributed by atoms with Gasteiger partial charge in [0.15, 0.2) is 11.5 Å². The molecule has 0 bridgehead atoms. The third kappa shape index (κ3) is 6.46. The van der Waals surface area contributed by atoms with E-state index >= 15 is 0 Å². The summed E-state index contributed by atoms with van der Waals surface area (Å²) < 4.78 is 15.9. The van der Waals surface area contributed by atoms with E-state index in [1.807, 2.05) is 38.1 Å². The fourth-order valence-electron chi connectivity index (χ4n) is 2.57. The first-order valence-corrected chi connectivity index (χ1v) is 9.70. The number of carbonyl (C=O) groups is 2. The Labute approximate surface area is 179 Å². The Kier molecular flexibility index (Phi) is 7.42. The summed E-state index contributed by atoms with van der Waals surface area (Å²) in [6.45, 7) is 4.29. The Morgan fingerprint density at radius 2 is 1.90 bits per heavy atom. The van der Waals surface area contributed by atoms with Crippen molar-refractivity contribution in [2.24, 2.45) is 5.10 Å². The number of nitrogens with zero attached hydrogens (tertiary/aromatic N) is 1. The average Bonchev–Trinajstić information content (AvgIpc) is 3.30. The van der Waals surface area contributed by atoms with Gasteiger partial charge in [-0.3, -0.25) is 4.79 Å². The lowest BCUT2D eigenvalue weighted by Gasteiger charge is -2.10. The van der Waals surface area contributed by atoms with Crippen molar-refractivity contribution in [3.63, 3.8) is 0 Å². The number of amides is 1. The summed E-state index contributed by atoms with van der Waals surface area (Å²) in [5, 5.41) is 6.98. The number of rotatable bonds is 9. The highest BCUT2D eigenvalue weighted by molar-refractivity contribution is 5.89. The van der Waals surface area contributed by atoms with Crippen molar-refractivity contribution >= 4 is 23.8 Å². The highest BCUT2D eigenvalue weighted by Crippen LogP contribution is 2.29. The van der Waals surface area contributed by atoms with Gasteiger partial charge in [-0.1, -0.05) is 17.7 Å². The molecule has 1 amide bonds. The van der Waals surface area contributed by atoms with Crippen LogP contribution in [0.25, 0.3) is 0 Å². The minimum absolute atomic E-state index is 0.0895. The van der Waals surface area contributed by atoms with Crippen molar-refractivity contribution in [1.82, 2.24) is 5.43 Å². The van der Waals surface area contributed by atoms with E-state index in [9.17, 15) is 9.59 Å². The van der Waals surface area contributed by atoms with Crippen molar-refractivity contribution in [3.05, 3.63) is 77.7 Å². The molecule has 1 aromatic heterocycles. The lowest BCUT2D eigenvalue weighted by atomic mass is 10.2. The number of ether oxygens (including phenoxy) is 2. The van der Waals surface area contributed by atoms with Gasteiger partial charge in [0.1, 0.15) is 0 Å². The van der Waals surface area contributed by atoms with Crippen LogP contribution in [0.5, 0.6) is 11.5 Å². The van der Waals surface area contributed by atoms with Crippen LogP contribution in [0.2, 0.25) is 0 Å². The molecule has 0 atom stereocenters. The maximum absolute atomic E-state index is 12.1. The Morgan fingerprint density at radius 1 is 1.10 bits per heavy atom. The molecule has 1 heterocycles. The molecular formula is C23H23N3O5. The Morgan fingerprint density at radius 3 is 2.61 bits per heavy atom. The number of hydrogen-bond donors (Lipinski definition) is 2. The highest BCUT2D eigenvalue weighted by atomic mass is 16.6. The second kappa shape index (κ2) is 10.6. The summed E-state index contributed by atoms with van der Waals surface area (Å²) in [5.74, 6) is -0.188. The molecule has 0 saturated carbocycles. The summed E-state index contributed by atoms with van der Waals surface area (Å²) in [7, 11) is 0. The summed E-state index contributed by atoms with van der Waals surface area (Å²) in [4.78, 5) is 24.0. The van der Waals surface area contributed by atoms with Gasteiger partial charge in [0.2, 0.25) is 5.76 Å². The van der Waals surface area contributed by atoms with Gasteiger partial charge < -0.3 is 19.2 Å². The fraction of sp³-hybridized carbons (Fsp3) is 0.174. The largest absolute Gasteiger partial charge is 0.490 e. The Bertz CT molecular complexity index is 1040. The SMILES string of the molecule is CCOc1cc(C=NNC(=O)CNc2ccc(C)cc2)ccc1OC(=O)c1ccco1. The van der Waals surface area contributed by atoms with Crippen LogP contribution in [0, 0.1) is 6.92 Å². The van der Waals surface area contributed by atoms with Gasteiger partial charge in [-0.15, -0.1) is 0 Å². The first-order chi connectivity index (χ1) is 15.0. The quantitative estimate of drug-likeness (QED) is 0.236. The number of aryl methyl sites for hydroxylation is 1. The van der Waals surface area contributed by atoms with Crippen LogP contribution >= 0.6 is 0 Å². The van der Waals surface area contributed by atoms with E-state index in [0.717, 1.165) is 11.3 Å². The van der Waals surface area contributed by atoms with Crippen LogP contribution in [0.4, 0.5) is 5.69 Å². The molecule has 3 rings (SSSR count). The molecule has 8 nitrogen and oxygen atoms in total. The molecule has 0 fully saturated rings. The molecule has 3 aromatic rings. The number of carbonyl (C=O) groups excluding carboxylic acids is 2. The van der Waals surface area contributed by atoms with Gasteiger partial charge in [0.25, 0.3) is 5.91 Å². The summed E-state index contributed by atoms with van der Waals surface area (Å²) in [5.41, 5.74) is 5.12. The van der Waals surface area contributed by atoms with Crippen molar-refractivity contribution in [2.75, 3.05) is 18.5 Å². The summed E-state index contributed by atoms with van der Waals surface area (Å²) in [6, 6.07) is 15.8. The minimum Gasteiger partial charge on any atom is -0.490 e. The van der Waals surface area contributed by atoms with Gasteiger partial charge in [0.05, 0.1) is 25.6 Å². The van der Waals surface area contributed by atoms with Crippen LogP contribution in [-0.4, -0.2) is 31.2 Å². The predicted molar refractivity (Wildman–Crippen MR) is 117 cm³/mol. The van der Waals surface area contributed by atoms with E-state index in [0.29, 0.717) is 17.9 Å². The number of hydrazone groups is 1. The normalized spacial score (nSPS) is 10.6. The summed E-state index contributed by atoms with van der Waals surface area (Å²) in [6.07, 6.45) is 2.87. The standard InChI is InChI=1S/C23H23N3O5/c1-3-29-21-13-17(8-11-19(21)31-23(28)20-5-4-12-30-20)14-25-26-22(27)15-24-18-9-6-16(2)7-10-18/h4-14,24H,3,15H2,1-2H3,(H,26,27). The summed E-state index contributed by atoms with van der Waals surface area (Å²) >= 11 is 0. The maximum Gasteiger partial charge on any atom is 0.379 e. The number of furan rings is 1. The molecule has 31 heavy (non-hydrogen) atoms. The van der Waals surface area contributed by atoms with Crippen molar-refractivity contribution in [3.8, 4) is 11.5 Å². The number of anilines is 1. The Hall–Kier alpha value is -4.07. The van der Waals surface area contributed by atoms with Gasteiger partial charge >= 0.3 is 5.97 Å². The molecule has 2 N–H and O–H groups in total. The van der Waals surface area contributed by atoms with E-state index in [2.05, 4.69) is 15.8 Å². The third-order valence-corrected chi connectivity index (χ3v) is 4.10. The fourth-order valence-corrected chi connectivity index (χ4v) is 2.57. The lowest BCUT2D eigenvalue weighted by molar-refractivity contribution is -0.119. The third-order valence-electron chi connectivity index (χ3n) is 4.10. The zero-order valence-corrected chi connectivity index (χ0v) is 17.3. The topological polar surface area (TPSA) is 102 Å². The van der Waals surface area contributed by atoms with Crippen molar-refractivity contribution in [1.29, 1.82) is 0 Å². The molecule has 0 aliphatic heterocycles. The number of nitrogens with one attached hydrogen (secondary N) is 2. The molecule has 2 aromatic carbocycles. The van der Waals surface area contributed by atoms with Gasteiger partial charge in [0, 0.05) is 5.69 Å². The second-order valence-corrected chi connectivity index (χ2v) is 6.52. The van der Waals surface area contributed by atoms with E-state index in [-0.39, 0.29) is 24.0 Å². The monoisotopic (exact) mass is 421 g/mol. The van der Waals surface area contributed by atoms with Gasteiger partial charge in [-0.2, -0.15) is 5.10 Å². The first-order valence-electron chi connectivity index (χ1n) is 9.70. The highest BCUT2D eigenvalue weighted by Gasteiger charge is 2.15. The van der Waals surface area contributed by atoms with Gasteiger partial charge in [-0.05, 0) is 61.9 Å². The molecule has 8 heteroatoms. The number of benzene rings is 2. The molecular weight excluding hydrogens is 398 g/mol. The average molecular weight is 421 g/mol. The van der Waals surface area contributed by atoms with Crippen LogP contribution in [-0.2, 0) is 4.79 Å². The predicted octanol–water partition coefficient (Wildman–Crippen LogP) is 3.77. The second-order valence-electron chi connectivity index (χ2n) is 6.52. The van der Waals surface area contributed by atoms with E-state index in [1.165, 1.54) is 18.5 Å². The van der Waals surface area contributed by atoms with Crippen LogP contribution in [0.1, 0.15) is 28.6 Å². The zero-order chi connectivity index (χ0) is 22.1. The van der Waals surface area contributed by atoms with E-state index in [4.69, 9.17) is 13.9 Å². The van der Waals surface area contributed by atoms with Gasteiger partial charge in [-0.25, -0.2) is 10.2 Å². The Balaban J connectivity index is 1.56. The molecule has 0 aliphatic rings. The molecule has 0 unspecified atom stereocenters. The van der Waals surface area contributed by atoms with Crippen molar-refractivity contribution < 1.29 is 23.5 Å². The molecule has 0 spiro atoms. The molecule has 0 saturated heterocycles. The van der Waals surface area contributed by atoms with E-state index in [1.54, 1.807) is 24.3 Å².